The Bertz CT molecular complexity index is 4340. The van der Waals surface area contributed by atoms with Gasteiger partial charge in [-0.25, -0.2) is 0 Å². The van der Waals surface area contributed by atoms with Crippen molar-refractivity contribution < 1.29 is 0 Å². The van der Waals surface area contributed by atoms with Crippen LogP contribution in [0.3, 0.4) is 0 Å². The molecule has 90 heavy (non-hydrogen) atoms. The molecule has 10 aromatic carbocycles. The molecule has 16 rings (SSSR count). The molecular weight excluding hydrogens is 1120 g/mol. The quantitative estimate of drug-likeness (QED) is 0.114. The molecule has 2 fully saturated rings. The van der Waals surface area contributed by atoms with Crippen LogP contribution < -0.4 is 36.0 Å². The Kier molecular flexibility index (Phi) is 16.1. The minimum Gasteiger partial charge on any atom is -0.311 e. The number of rotatable bonds is 12. The third kappa shape index (κ3) is 11.1. The lowest BCUT2D eigenvalue weighted by atomic mass is 9.33. The molecule has 2 aliphatic carbocycles. The molecule has 4 heterocycles. The number of benzene rings is 10. The summed E-state index contributed by atoms with van der Waals surface area (Å²) in [5, 5.41) is 0.711. The van der Waals surface area contributed by atoms with Crippen LogP contribution in [0.15, 0.2) is 292 Å². The van der Waals surface area contributed by atoms with Crippen LogP contribution in [0, 0.1) is 0 Å². The van der Waals surface area contributed by atoms with Crippen molar-refractivity contribution in [1.29, 1.82) is 0 Å². The number of para-hydroxylation sites is 6. The second-order valence-electron chi connectivity index (χ2n) is 24.3. The summed E-state index contributed by atoms with van der Waals surface area (Å²) in [5.74, 6) is 1.08. The first-order chi connectivity index (χ1) is 44.6. The van der Waals surface area contributed by atoms with Gasteiger partial charge in [-0.2, -0.15) is 0 Å². The van der Waals surface area contributed by atoms with Gasteiger partial charge in [0.2, 0.25) is 0 Å². The van der Waals surface area contributed by atoms with Gasteiger partial charge in [-0.05, 0) is 209 Å². The number of anilines is 12. The van der Waals surface area contributed by atoms with E-state index in [0.29, 0.717) is 16.9 Å². The molecule has 4 aliphatic rings. The zero-order chi connectivity index (χ0) is 60.2. The summed E-state index contributed by atoms with van der Waals surface area (Å²) in [7, 11) is 0. The number of nitrogens with zero attached hydrogens (tertiary/aromatic N) is 6. The summed E-state index contributed by atoms with van der Waals surface area (Å²) in [6.45, 7) is 0.161. The molecule has 8 heteroatoms. The highest BCUT2D eigenvalue weighted by atomic mass is 35.5. The second-order valence-corrected chi connectivity index (χ2v) is 24.7. The van der Waals surface area contributed by atoms with E-state index in [1.807, 2.05) is 36.9 Å². The summed E-state index contributed by atoms with van der Waals surface area (Å²) >= 11 is 7.64. The third-order valence-corrected chi connectivity index (χ3v) is 19.3. The Labute approximate surface area is 535 Å². The number of hydrogen-bond donors (Lipinski definition) is 0. The molecule has 12 aromatic rings. The summed E-state index contributed by atoms with van der Waals surface area (Å²) in [4.78, 5) is 18.3. The normalized spacial score (nSPS) is 14.3. The van der Waals surface area contributed by atoms with Gasteiger partial charge in [0.1, 0.15) is 0 Å². The minimum absolute atomic E-state index is 0.161. The molecule has 0 atom stereocenters. The van der Waals surface area contributed by atoms with E-state index in [4.69, 9.17) is 11.6 Å². The first-order valence-corrected chi connectivity index (χ1v) is 32.6. The van der Waals surface area contributed by atoms with Gasteiger partial charge in [0.25, 0.3) is 6.71 Å². The van der Waals surface area contributed by atoms with E-state index in [0.717, 1.165) is 50.8 Å². The first kappa shape index (κ1) is 56.6. The van der Waals surface area contributed by atoms with Crippen molar-refractivity contribution in [3.05, 3.63) is 308 Å². The third-order valence-electron chi connectivity index (χ3n) is 18.9. The van der Waals surface area contributed by atoms with Gasteiger partial charge >= 0.3 is 0 Å². The van der Waals surface area contributed by atoms with E-state index >= 15 is 0 Å². The van der Waals surface area contributed by atoms with E-state index in [2.05, 4.69) is 284 Å². The lowest BCUT2D eigenvalue weighted by molar-refractivity contribution is 0.444. The van der Waals surface area contributed by atoms with E-state index in [1.165, 1.54) is 131 Å². The fourth-order valence-corrected chi connectivity index (χ4v) is 14.9. The van der Waals surface area contributed by atoms with Crippen LogP contribution in [0.1, 0.15) is 87.2 Å². The average Bonchev–Trinajstić information content (AvgIpc) is 0.725. The average molecular weight is 1190 g/mol. The van der Waals surface area contributed by atoms with Crippen molar-refractivity contribution in [3.63, 3.8) is 0 Å². The lowest BCUT2D eigenvalue weighted by Crippen LogP contribution is -2.61. The topological polar surface area (TPSA) is 38.7 Å². The van der Waals surface area contributed by atoms with Crippen LogP contribution in [0.5, 0.6) is 0 Å². The van der Waals surface area contributed by atoms with Gasteiger partial charge in [-0.15, -0.1) is 0 Å². The predicted molar refractivity (Wildman–Crippen MR) is 379 cm³/mol. The number of fused-ring (bicyclic) bond motifs is 4. The molecule has 0 amide bonds. The van der Waals surface area contributed by atoms with Crippen molar-refractivity contribution in [2.45, 2.75) is 76.0 Å². The molecule has 0 spiro atoms. The molecule has 0 radical (unpaired) electrons. The molecule has 438 valence electrons. The van der Waals surface area contributed by atoms with Gasteiger partial charge in [-0.1, -0.05) is 196 Å². The number of pyridine rings is 2. The predicted octanol–water partition coefficient (Wildman–Crippen LogP) is 21.3. The van der Waals surface area contributed by atoms with Crippen LogP contribution in [0.25, 0.3) is 22.3 Å². The van der Waals surface area contributed by atoms with Crippen LogP contribution >= 0.6 is 11.6 Å². The number of aromatic nitrogens is 2. The Morgan fingerprint density at radius 2 is 0.722 bits per heavy atom. The maximum Gasteiger partial charge on any atom is 0.252 e. The Morgan fingerprint density at radius 1 is 0.344 bits per heavy atom. The fourth-order valence-electron chi connectivity index (χ4n) is 14.6. The van der Waals surface area contributed by atoms with Crippen molar-refractivity contribution in [2.24, 2.45) is 0 Å². The molecular formula is C82H70BClN6. The van der Waals surface area contributed by atoms with Gasteiger partial charge in [0, 0.05) is 81.7 Å². The fraction of sp³-hybridized carbons (Fsp3) is 0.146. The van der Waals surface area contributed by atoms with Crippen molar-refractivity contribution in [2.75, 3.05) is 19.6 Å². The molecule has 2 aliphatic heterocycles. The Morgan fingerprint density at radius 3 is 1.16 bits per heavy atom. The van der Waals surface area contributed by atoms with E-state index in [9.17, 15) is 0 Å². The molecule has 2 saturated carbocycles. The maximum atomic E-state index is 7.64. The van der Waals surface area contributed by atoms with Gasteiger partial charge < -0.3 is 19.6 Å². The van der Waals surface area contributed by atoms with Gasteiger partial charge in [0.05, 0.1) is 16.4 Å². The summed E-state index contributed by atoms with van der Waals surface area (Å²) in [6, 6.07) is 96.4. The minimum atomic E-state index is 0.161. The van der Waals surface area contributed by atoms with Gasteiger partial charge in [-0.3, -0.25) is 9.97 Å². The van der Waals surface area contributed by atoms with Crippen molar-refractivity contribution >= 4 is 103 Å². The smallest absolute Gasteiger partial charge is 0.252 e. The van der Waals surface area contributed by atoms with Crippen LogP contribution in [0.4, 0.5) is 68.2 Å². The maximum absolute atomic E-state index is 7.64. The Hall–Kier alpha value is -9.95. The lowest BCUT2D eigenvalue weighted by Gasteiger charge is -2.44. The second kappa shape index (κ2) is 25.6. The van der Waals surface area contributed by atoms with Crippen molar-refractivity contribution in [1.82, 2.24) is 9.97 Å². The highest BCUT2D eigenvalue weighted by Crippen LogP contribution is 2.51. The Balaban J connectivity index is 0.000000150. The molecule has 2 aromatic heterocycles. The SMILES string of the molecule is Clc1c(N(c2ccccc2)c2ccccc2)cc(C2CCCCC2)cc1N(c1ccccc1)c1ccc(-c2cccnc2)cc1.c1ccc(N2c3ccccc3B3c4ccccc4N(c4ccc(-c5cccnc5)cc4)c4cc(C5CCCCC5)cc2c43)cc1. The molecule has 0 bridgehead atoms. The zero-order valence-electron chi connectivity index (χ0n) is 50.6. The highest BCUT2D eigenvalue weighted by Gasteiger charge is 2.44. The number of hydrogen-bond acceptors (Lipinski definition) is 6. The zero-order valence-corrected chi connectivity index (χ0v) is 51.3. The van der Waals surface area contributed by atoms with Crippen LogP contribution in [0.2, 0.25) is 5.02 Å². The molecule has 0 N–H and O–H groups in total. The summed E-state index contributed by atoms with van der Waals surface area (Å²) in [6.07, 6.45) is 20.2. The molecule has 6 nitrogen and oxygen atoms in total. The monoisotopic (exact) mass is 1180 g/mol. The molecule has 0 unspecified atom stereocenters. The standard InChI is InChI=1S/C41H34BN3.C41H36ClN3/c1-3-12-29(13-4-1)32-26-39-41-40(27-32)45(34-23-21-30(22-24-34)31-14-11-25-43-28-31)38-20-10-8-18-36(38)42(41)35-17-7-9-19-37(35)44(39)33-15-5-2-6-16-33;42-41-39(44(35-17-7-2-8-18-35)36-19-9-3-10-20-36)28-34(31-14-5-1-6-15-31)29-40(41)45(37-21-11-4-12-22-37)38-25-23-32(24-26-38)33-16-13-27-43-30-33/h2,5-11,14-29H,1,3-4,12-13H2;2-4,7-13,16-31H,1,5-6,14-15H2. The van der Waals surface area contributed by atoms with E-state index in [-0.39, 0.29) is 6.71 Å². The molecule has 0 saturated heterocycles. The summed E-state index contributed by atoms with van der Waals surface area (Å²) < 4.78 is 0. The van der Waals surface area contributed by atoms with Crippen molar-refractivity contribution in [3.8, 4) is 22.3 Å². The summed E-state index contributed by atoms with van der Waals surface area (Å²) in [5.41, 5.74) is 25.2. The van der Waals surface area contributed by atoms with E-state index in [1.54, 1.807) is 0 Å². The van der Waals surface area contributed by atoms with Crippen LogP contribution in [-0.2, 0) is 0 Å². The van der Waals surface area contributed by atoms with Crippen LogP contribution in [-0.4, -0.2) is 16.7 Å². The number of halogens is 1. The van der Waals surface area contributed by atoms with Gasteiger partial charge in [0.15, 0.2) is 0 Å². The first-order valence-electron chi connectivity index (χ1n) is 32.2. The largest absolute Gasteiger partial charge is 0.311 e. The highest BCUT2D eigenvalue weighted by molar-refractivity contribution is 7.00. The van der Waals surface area contributed by atoms with E-state index < -0.39 is 0 Å².